The Labute approximate surface area is 230 Å². The third-order valence-corrected chi connectivity index (χ3v) is 10.3. The van der Waals surface area contributed by atoms with Crippen LogP contribution in [0.25, 0.3) is 0 Å². The third kappa shape index (κ3) is 6.13. The van der Waals surface area contributed by atoms with E-state index in [1.54, 1.807) is 0 Å². The monoisotopic (exact) mass is 519 g/mol. The maximum atomic E-state index is 11.0. The fourth-order valence-corrected chi connectivity index (χ4v) is 8.41. The molecule has 2 fully saturated rings. The van der Waals surface area contributed by atoms with Gasteiger partial charge in [-0.15, -0.1) is 0 Å². The van der Waals surface area contributed by atoms with E-state index in [4.69, 9.17) is 4.74 Å². The number of nitrogens with zero attached hydrogens (tertiary/aromatic N) is 1. The molecule has 3 aliphatic carbocycles. The second-order valence-electron chi connectivity index (χ2n) is 12.8. The number of phenolic OH excluding ortho intramolecular Hbond substituents is 1. The minimum absolute atomic E-state index is 0.0864. The van der Waals surface area contributed by atoms with Crippen molar-refractivity contribution in [2.24, 2.45) is 23.2 Å². The van der Waals surface area contributed by atoms with E-state index in [9.17, 15) is 10.2 Å². The number of hydrogen-bond donors (Lipinski definition) is 2. The van der Waals surface area contributed by atoms with Gasteiger partial charge in [0, 0.05) is 13.2 Å². The van der Waals surface area contributed by atoms with Crippen LogP contribution in [0, 0.1) is 23.2 Å². The lowest BCUT2D eigenvalue weighted by molar-refractivity contribution is -0.0501. The fourth-order valence-electron chi connectivity index (χ4n) is 8.41. The van der Waals surface area contributed by atoms with Crippen LogP contribution in [-0.2, 0) is 17.8 Å². The number of fused-ring (bicyclic) bond motifs is 5. The van der Waals surface area contributed by atoms with Gasteiger partial charge in [0.1, 0.15) is 5.75 Å². The fraction of sp³-hybridized carbons (Fsp3) is 0.647. The number of benzene rings is 2. The summed E-state index contributed by atoms with van der Waals surface area (Å²) in [6.07, 6.45) is 11.6. The van der Waals surface area contributed by atoms with Crippen molar-refractivity contribution in [1.29, 1.82) is 0 Å². The molecule has 6 atom stereocenters. The Morgan fingerprint density at radius 2 is 1.79 bits per heavy atom. The molecule has 208 valence electrons. The van der Waals surface area contributed by atoms with E-state index in [-0.39, 0.29) is 11.5 Å². The Bertz CT molecular complexity index is 1030. The van der Waals surface area contributed by atoms with Crippen LogP contribution in [0.2, 0.25) is 0 Å². The molecule has 2 saturated carbocycles. The normalized spacial score (nSPS) is 30.2. The maximum Gasteiger partial charge on any atom is 0.115 e. The predicted octanol–water partition coefficient (Wildman–Crippen LogP) is 6.93. The van der Waals surface area contributed by atoms with Crippen molar-refractivity contribution in [3.05, 3.63) is 65.2 Å². The van der Waals surface area contributed by atoms with E-state index >= 15 is 0 Å². The van der Waals surface area contributed by atoms with E-state index in [0.717, 1.165) is 45.4 Å². The van der Waals surface area contributed by atoms with Crippen LogP contribution in [0.3, 0.4) is 0 Å². The molecule has 0 aliphatic heterocycles. The molecule has 38 heavy (non-hydrogen) atoms. The van der Waals surface area contributed by atoms with Gasteiger partial charge in [-0.05, 0) is 123 Å². The zero-order chi connectivity index (χ0) is 26.5. The van der Waals surface area contributed by atoms with Gasteiger partial charge >= 0.3 is 0 Å². The number of aryl methyl sites for hydroxylation is 1. The van der Waals surface area contributed by atoms with Crippen LogP contribution in [-0.4, -0.2) is 48.0 Å². The van der Waals surface area contributed by atoms with Crippen molar-refractivity contribution in [3.63, 3.8) is 0 Å². The molecule has 4 nitrogen and oxygen atoms in total. The first kappa shape index (κ1) is 27.7. The molecule has 3 aliphatic rings. The number of rotatable bonds is 12. The molecule has 0 amide bonds. The van der Waals surface area contributed by atoms with Gasteiger partial charge in [0.15, 0.2) is 0 Å². The molecule has 0 saturated heterocycles. The standard InChI is InChI=1S/C34H49NO3/c1-34-23-27(12-7-4-8-19-35(2)20-9-21-38-24-25-10-5-3-6-11-25)33-29-16-14-28(36)22-26(29)13-15-30(33)31(34)17-18-32(34)37/h3,5-6,10-11,14,16,22,27,30-33,36-37H,4,7-9,12-13,15,17-21,23-24H2,1-2H3/t27-,30-,31-,32-,33+,34-/m0/s1. The molecular weight excluding hydrogens is 470 g/mol. The smallest absolute Gasteiger partial charge is 0.115 e. The van der Waals surface area contributed by atoms with Gasteiger partial charge in [-0.1, -0.05) is 56.2 Å². The summed E-state index contributed by atoms with van der Waals surface area (Å²) in [4.78, 5) is 2.45. The summed E-state index contributed by atoms with van der Waals surface area (Å²) in [6, 6.07) is 16.5. The summed E-state index contributed by atoms with van der Waals surface area (Å²) in [5.41, 5.74) is 4.20. The molecule has 2 aromatic carbocycles. The minimum Gasteiger partial charge on any atom is -0.508 e. The van der Waals surface area contributed by atoms with E-state index < -0.39 is 0 Å². The van der Waals surface area contributed by atoms with Crippen LogP contribution in [0.5, 0.6) is 5.75 Å². The topological polar surface area (TPSA) is 52.9 Å². The molecule has 0 aromatic heterocycles. The second kappa shape index (κ2) is 12.5. The highest BCUT2D eigenvalue weighted by Crippen LogP contribution is 2.63. The number of hydrogen-bond acceptors (Lipinski definition) is 4. The number of aliphatic hydroxyl groups excluding tert-OH is 1. The molecule has 0 unspecified atom stereocenters. The lowest BCUT2D eigenvalue weighted by Gasteiger charge is -2.54. The predicted molar refractivity (Wildman–Crippen MR) is 154 cm³/mol. The van der Waals surface area contributed by atoms with Gasteiger partial charge in [-0.25, -0.2) is 0 Å². The van der Waals surface area contributed by atoms with Gasteiger partial charge in [0.2, 0.25) is 0 Å². The van der Waals surface area contributed by atoms with Gasteiger partial charge in [-0.2, -0.15) is 0 Å². The minimum atomic E-state index is -0.137. The highest BCUT2D eigenvalue weighted by atomic mass is 16.5. The van der Waals surface area contributed by atoms with Crippen molar-refractivity contribution in [2.75, 3.05) is 26.7 Å². The highest BCUT2D eigenvalue weighted by Gasteiger charge is 2.57. The number of aromatic hydroxyl groups is 1. The summed E-state index contributed by atoms with van der Waals surface area (Å²) in [7, 11) is 2.24. The van der Waals surface area contributed by atoms with Crippen molar-refractivity contribution in [3.8, 4) is 5.75 Å². The van der Waals surface area contributed by atoms with Crippen molar-refractivity contribution < 1.29 is 14.9 Å². The van der Waals surface area contributed by atoms with E-state index in [0.29, 0.717) is 36.0 Å². The van der Waals surface area contributed by atoms with E-state index in [1.807, 2.05) is 18.2 Å². The van der Waals surface area contributed by atoms with Crippen LogP contribution in [0.1, 0.15) is 87.3 Å². The number of unbranched alkanes of at least 4 members (excludes halogenated alkanes) is 2. The van der Waals surface area contributed by atoms with Crippen LogP contribution >= 0.6 is 0 Å². The van der Waals surface area contributed by atoms with Gasteiger partial charge in [-0.3, -0.25) is 0 Å². The summed E-state index contributed by atoms with van der Waals surface area (Å²) in [5.74, 6) is 2.97. The SMILES string of the molecule is CN(CCCCC[C@H]1C[C@]2(C)[C@@H](O)CC[C@H]2[C@@H]2CCc3cc(O)ccc3[C@@H]12)CCCOCc1ccccc1. The first-order valence-electron chi connectivity index (χ1n) is 15.3. The molecule has 0 spiro atoms. The van der Waals surface area contributed by atoms with Crippen molar-refractivity contribution >= 4 is 0 Å². The summed E-state index contributed by atoms with van der Waals surface area (Å²) >= 11 is 0. The lowest BCUT2D eigenvalue weighted by Crippen LogP contribution is -2.47. The quantitative estimate of drug-likeness (QED) is 0.298. The Morgan fingerprint density at radius 1 is 0.974 bits per heavy atom. The van der Waals surface area contributed by atoms with Crippen molar-refractivity contribution in [1.82, 2.24) is 4.90 Å². The average Bonchev–Trinajstić information content (AvgIpc) is 3.22. The third-order valence-electron chi connectivity index (χ3n) is 10.3. The summed E-state index contributed by atoms with van der Waals surface area (Å²) in [6.45, 7) is 6.15. The maximum absolute atomic E-state index is 11.0. The molecule has 0 heterocycles. The Balaban J connectivity index is 1.08. The first-order valence-corrected chi connectivity index (χ1v) is 15.3. The van der Waals surface area contributed by atoms with E-state index in [2.05, 4.69) is 49.2 Å². The first-order chi connectivity index (χ1) is 18.5. The summed E-state index contributed by atoms with van der Waals surface area (Å²) < 4.78 is 5.84. The largest absolute Gasteiger partial charge is 0.508 e. The molecule has 0 bridgehead atoms. The van der Waals surface area contributed by atoms with Crippen molar-refractivity contribution in [2.45, 2.75) is 89.8 Å². The number of ether oxygens (including phenoxy) is 1. The summed E-state index contributed by atoms with van der Waals surface area (Å²) in [5, 5.41) is 21.1. The van der Waals surface area contributed by atoms with Gasteiger partial charge < -0.3 is 19.8 Å². The molecule has 2 N–H and O–H groups in total. The molecule has 5 rings (SSSR count). The van der Waals surface area contributed by atoms with Crippen LogP contribution < -0.4 is 0 Å². The Morgan fingerprint density at radius 3 is 2.63 bits per heavy atom. The van der Waals surface area contributed by atoms with Crippen LogP contribution in [0.15, 0.2) is 48.5 Å². The van der Waals surface area contributed by atoms with Gasteiger partial charge in [0.25, 0.3) is 0 Å². The number of aliphatic hydroxyl groups is 1. The number of phenols is 1. The average molecular weight is 520 g/mol. The second-order valence-corrected chi connectivity index (χ2v) is 12.8. The lowest BCUT2D eigenvalue weighted by atomic mass is 9.51. The Kier molecular flexibility index (Phi) is 9.13. The zero-order valence-corrected chi connectivity index (χ0v) is 23.7. The Hall–Kier alpha value is -1.88. The molecule has 0 radical (unpaired) electrons. The van der Waals surface area contributed by atoms with Crippen LogP contribution in [0.4, 0.5) is 0 Å². The molecular formula is C34H49NO3. The molecule has 4 heteroatoms. The zero-order valence-electron chi connectivity index (χ0n) is 23.7. The van der Waals surface area contributed by atoms with Gasteiger partial charge in [0.05, 0.1) is 12.7 Å². The highest BCUT2D eigenvalue weighted by molar-refractivity contribution is 5.40. The molecule has 2 aromatic rings. The van der Waals surface area contributed by atoms with E-state index in [1.165, 1.54) is 55.2 Å².